The van der Waals surface area contributed by atoms with Gasteiger partial charge in [-0.15, -0.1) is 0 Å². The molecule has 0 fully saturated rings. The van der Waals surface area contributed by atoms with Crippen molar-refractivity contribution in [2.24, 2.45) is 0 Å². The summed E-state index contributed by atoms with van der Waals surface area (Å²) in [6, 6.07) is 12.1. The van der Waals surface area contributed by atoms with Gasteiger partial charge in [0, 0.05) is 16.7 Å². The topological polar surface area (TPSA) is 48.9 Å². The number of aromatic nitrogens is 2. The Morgan fingerprint density at radius 2 is 1.42 bits per heavy atom. The number of hydrogen-bond donors (Lipinski definition) is 2. The number of aromatic amines is 1. The van der Waals surface area contributed by atoms with E-state index in [1.807, 2.05) is 24.3 Å². The van der Waals surface area contributed by atoms with E-state index in [-0.39, 0.29) is 10.8 Å². The Morgan fingerprint density at radius 1 is 0.875 bits per heavy atom. The zero-order valence-corrected chi connectivity index (χ0v) is 15.4. The van der Waals surface area contributed by atoms with Gasteiger partial charge in [-0.2, -0.15) is 0 Å². The molecule has 0 saturated carbocycles. The van der Waals surface area contributed by atoms with E-state index < -0.39 is 0 Å². The molecule has 2 N–H and O–H groups in total. The van der Waals surface area contributed by atoms with Gasteiger partial charge in [0.2, 0.25) is 0 Å². The molecule has 2 aromatic carbocycles. The lowest BCUT2D eigenvalue weighted by Gasteiger charge is -2.28. The van der Waals surface area contributed by atoms with Crippen molar-refractivity contribution in [1.29, 1.82) is 0 Å². The average molecular weight is 322 g/mol. The molecule has 0 bridgehead atoms. The number of para-hydroxylation sites is 2. The van der Waals surface area contributed by atoms with Crippen LogP contribution in [0.15, 0.2) is 36.4 Å². The second-order valence-corrected chi connectivity index (χ2v) is 8.52. The number of hydrogen-bond acceptors (Lipinski definition) is 2. The van der Waals surface area contributed by atoms with E-state index in [1.54, 1.807) is 0 Å². The number of phenolic OH excluding ortho intramolecular Hbond substituents is 1. The second-order valence-electron chi connectivity index (χ2n) is 8.52. The summed E-state index contributed by atoms with van der Waals surface area (Å²) in [7, 11) is 0. The third-order valence-corrected chi connectivity index (χ3v) is 4.39. The number of nitrogens with zero attached hydrogens (tertiary/aromatic N) is 1. The molecule has 0 amide bonds. The van der Waals surface area contributed by atoms with Gasteiger partial charge in [0.05, 0.1) is 11.0 Å². The van der Waals surface area contributed by atoms with Crippen LogP contribution >= 0.6 is 0 Å². The van der Waals surface area contributed by atoms with Crippen LogP contribution in [0.5, 0.6) is 5.75 Å². The van der Waals surface area contributed by atoms with Crippen LogP contribution in [0, 0.1) is 0 Å². The number of imidazole rings is 1. The van der Waals surface area contributed by atoms with Crippen LogP contribution in [0.25, 0.3) is 22.4 Å². The Morgan fingerprint density at radius 3 is 1.92 bits per heavy atom. The van der Waals surface area contributed by atoms with Crippen molar-refractivity contribution in [1.82, 2.24) is 9.97 Å². The first-order chi connectivity index (χ1) is 11.1. The number of aromatic hydroxyl groups is 1. The van der Waals surface area contributed by atoms with E-state index >= 15 is 0 Å². The highest BCUT2D eigenvalue weighted by Gasteiger charge is 2.27. The van der Waals surface area contributed by atoms with Gasteiger partial charge >= 0.3 is 0 Å². The first-order valence-corrected chi connectivity index (χ1v) is 8.40. The molecule has 3 aromatic rings. The summed E-state index contributed by atoms with van der Waals surface area (Å²) in [5.74, 6) is 1.24. The highest BCUT2D eigenvalue weighted by atomic mass is 16.3. The van der Waals surface area contributed by atoms with Crippen LogP contribution in [0.4, 0.5) is 0 Å². The van der Waals surface area contributed by atoms with E-state index in [2.05, 4.69) is 58.7 Å². The van der Waals surface area contributed by atoms with Gasteiger partial charge in [0.25, 0.3) is 0 Å². The van der Waals surface area contributed by atoms with E-state index in [4.69, 9.17) is 4.98 Å². The molecule has 0 unspecified atom stereocenters. The molecule has 3 rings (SSSR count). The van der Waals surface area contributed by atoms with Crippen LogP contribution in [0.2, 0.25) is 0 Å². The molecule has 0 saturated heterocycles. The van der Waals surface area contributed by atoms with Crippen LogP contribution < -0.4 is 0 Å². The molecule has 0 spiro atoms. The largest absolute Gasteiger partial charge is 0.507 e. The molecule has 0 aliphatic carbocycles. The Hall–Kier alpha value is -2.29. The highest BCUT2D eigenvalue weighted by Crippen LogP contribution is 2.41. The summed E-state index contributed by atoms with van der Waals surface area (Å²) in [4.78, 5) is 8.12. The molecule has 1 heterocycles. The third kappa shape index (κ3) is 2.91. The Bertz CT molecular complexity index is 824. The van der Waals surface area contributed by atoms with E-state index in [0.717, 1.165) is 33.5 Å². The first kappa shape index (κ1) is 16.6. The maximum atomic E-state index is 10.8. The van der Waals surface area contributed by atoms with Crippen molar-refractivity contribution in [3.8, 4) is 17.1 Å². The summed E-state index contributed by atoms with van der Waals surface area (Å²) in [6.45, 7) is 12.7. The predicted octanol–water partition coefficient (Wildman–Crippen LogP) is 5.53. The molecule has 126 valence electrons. The van der Waals surface area contributed by atoms with Crippen LogP contribution in [-0.2, 0) is 10.8 Å². The maximum absolute atomic E-state index is 10.8. The molecule has 0 aliphatic heterocycles. The molecule has 1 aromatic heterocycles. The van der Waals surface area contributed by atoms with Gasteiger partial charge in [0.15, 0.2) is 0 Å². The number of rotatable bonds is 1. The molecule has 0 radical (unpaired) electrons. The van der Waals surface area contributed by atoms with E-state index in [0.29, 0.717) is 5.75 Å². The Labute approximate surface area is 143 Å². The minimum atomic E-state index is -0.147. The number of nitrogens with one attached hydrogen (secondary N) is 1. The molecule has 0 atom stereocenters. The summed E-state index contributed by atoms with van der Waals surface area (Å²) < 4.78 is 0. The Balaban J connectivity index is 2.28. The van der Waals surface area contributed by atoms with Gasteiger partial charge in [-0.05, 0) is 35.1 Å². The maximum Gasteiger partial charge on any atom is 0.138 e. The van der Waals surface area contributed by atoms with Gasteiger partial charge < -0.3 is 10.1 Å². The van der Waals surface area contributed by atoms with Gasteiger partial charge in [-0.3, -0.25) is 0 Å². The standard InChI is InChI=1S/C21H26N2O/c1-20(2,3)14-11-13(12-15(18(14)24)21(4,5)6)19-22-16-9-7-8-10-17(16)23-19/h7-12,24H,1-6H3,(H,22,23). The number of fused-ring (bicyclic) bond motifs is 1. The summed E-state index contributed by atoms with van der Waals surface area (Å²) in [5.41, 5.74) is 4.60. The molecule has 24 heavy (non-hydrogen) atoms. The normalized spacial score (nSPS) is 12.8. The predicted molar refractivity (Wildman–Crippen MR) is 101 cm³/mol. The SMILES string of the molecule is CC(C)(C)c1cc(-c2nc3ccccc3[nH]2)cc(C(C)(C)C)c1O. The smallest absolute Gasteiger partial charge is 0.138 e. The summed E-state index contributed by atoms with van der Waals surface area (Å²) in [6.07, 6.45) is 0. The summed E-state index contributed by atoms with van der Waals surface area (Å²) in [5, 5.41) is 10.8. The van der Waals surface area contributed by atoms with Gasteiger partial charge in [0.1, 0.15) is 11.6 Å². The molecular weight excluding hydrogens is 296 g/mol. The zero-order chi connectivity index (χ0) is 17.7. The third-order valence-electron chi connectivity index (χ3n) is 4.39. The lowest BCUT2D eigenvalue weighted by atomic mass is 9.78. The van der Waals surface area contributed by atoms with Crippen LogP contribution in [0.1, 0.15) is 52.7 Å². The molecular formula is C21H26N2O. The number of H-pyrrole nitrogens is 1. The molecule has 3 heteroatoms. The van der Waals surface area contributed by atoms with E-state index in [1.165, 1.54) is 0 Å². The molecule has 0 aliphatic rings. The van der Waals surface area contributed by atoms with Crippen molar-refractivity contribution in [2.45, 2.75) is 52.4 Å². The fourth-order valence-corrected chi connectivity index (χ4v) is 3.00. The monoisotopic (exact) mass is 322 g/mol. The van der Waals surface area contributed by atoms with Crippen LogP contribution in [-0.4, -0.2) is 15.1 Å². The van der Waals surface area contributed by atoms with Crippen molar-refractivity contribution in [2.75, 3.05) is 0 Å². The number of phenols is 1. The minimum absolute atomic E-state index is 0.147. The fraction of sp³-hybridized carbons (Fsp3) is 0.381. The van der Waals surface area contributed by atoms with Crippen LogP contribution in [0.3, 0.4) is 0 Å². The quantitative estimate of drug-likeness (QED) is 0.619. The van der Waals surface area contributed by atoms with Crippen molar-refractivity contribution >= 4 is 11.0 Å². The zero-order valence-electron chi connectivity index (χ0n) is 15.4. The number of benzene rings is 2. The summed E-state index contributed by atoms with van der Waals surface area (Å²) >= 11 is 0. The van der Waals surface area contributed by atoms with Gasteiger partial charge in [-0.1, -0.05) is 53.7 Å². The van der Waals surface area contributed by atoms with E-state index in [9.17, 15) is 5.11 Å². The Kier molecular flexibility index (Phi) is 3.71. The average Bonchev–Trinajstić information content (AvgIpc) is 2.88. The minimum Gasteiger partial charge on any atom is -0.507 e. The highest BCUT2D eigenvalue weighted by molar-refractivity contribution is 5.79. The fourth-order valence-electron chi connectivity index (χ4n) is 3.00. The van der Waals surface area contributed by atoms with Gasteiger partial charge in [-0.25, -0.2) is 4.98 Å². The van der Waals surface area contributed by atoms with Crippen molar-refractivity contribution in [3.63, 3.8) is 0 Å². The van der Waals surface area contributed by atoms with Crippen molar-refractivity contribution in [3.05, 3.63) is 47.5 Å². The first-order valence-electron chi connectivity index (χ1n) is 8.40. The van der Waals surface area contributed by atoms with Crippen molar-refractivity contribution < 1.29 is 5.11 Å². The lowest BCUT2D eigenvalue weighted by Crippen LogP contribution is -2.17. The lowest BCUT2D eigenvalue weighted by molar-refractivity contribution is 0.423. The molecule has 3 nitrogen and oxygen atoms in total. The second kappa shape index (κ2) is 5.37.